The lowest BCUT2D eigenvalue weighted by atomic mass is 10.1. The van der Waals surface area contributed by atoms with Gasteiger partial charge < -0.3 is 5.32 Å². The molecule has 0 spiro atoms. The number of thiophene rings is 1. The predicted octanol–water partition coefficient (Wildman–Crippen LogP) is 5.01. The van der Waals surface area contributed by atoms with E-state index < -0.39 is 0 Å². The Hall–Kier alpha value is -0.350. The molecule has 1 N–H and O–H groups in total. The highest BCUT2D eigenvalue weighted by molar-refractivity contribution is 9.10. The van der Waals surface area contributed by atoms with Crippen molar-refractivity contribution < 1.29 is 0 Å². The summed E-state index contributed by atoms with van der Waals surface area (Å²) in [6.07, 6.45) is 0. The quantitative estimate of drug-likeness (QED) is 0.830. The molecule has 4 heteroatoms. The van der Waals surface area contributed by atoms with E-state index in [-0.39, 0.29) is 0 Å². The molecule has 1 nitrogen and oxygen atoms in total. The van der Waals surface area contributed by atoms with Crippen molar-refractivity contribution in [2.24, 2.45) is 0 Å². The maximum atomic E-state index is 5.98. The molecule has 0 saturated carbocycles. The molecular formula is C13H13BrClNS. The van der Waals surface area contributed by atoms with E-state index in [0.29, 0.717) is 6.04 Å². The molecular weight excluding hydrogens is 318 g/mol. The summed E-state index contributed by atoms with van der Waals surface area (Å²) in [5.74, 6) is 0. The van der Waals surface area contributed by atoms with Gasteiger partial charge in [-0.2, -0.15) is 0 Å². The fourth-order valence-corrected chi connectivity index (χ4v) is 3.19. The fourth-order valence-electron chi connectivity index (χ4n) is 1.59. The van der Waals surface area contributed by atoms with Gasteiger partial charge in [0.05, 0.1) is 0 Å². The van der Waals surface area contributed by atoms with Crippen molar-refractivity contribution in [3.63, 3.8) is 0 Å². The number of nitrogens with one attached hydrogen (secondary N) is 1. The van der Waals surface area contributed by atoms with Crippen LogP contribution >= 0.6 is 38.9 Å². The van der Waals surface area contributed by atoms with Crippen molar-refractivity contribution in [1.29, 1.82) is 0 Å². The Kier molecular flexibility index (Phi) is 4.62. The van der Waals surface area contributed by atoms with Gasteiger partial charge in [-0.25, -0.2) is 0 Å². The molecule has 0 aliphatic carbocycles. The van der Waals surface area contributed by atoms with Crippen LogP contribution in [-0.4, -0.2) is 0 Å². The Bertz CT molecular complexity index is 498. The van der Waals surface area contributed by atoms with Crippen LogP contribution in [0, 0.1) is 0 Å². The topological polar surface area (TPSA) is 12.0 Å². The zero-order chi connectivity index (χ0) is 12.3. The minimum Gasteiger partial charge on any atom is -0.305 e. The van der Waals surface area contributed by atoms with Gasteiger partial charge in [-0.15, -0.1) is 11.3 Å². The SMILES string of the molecule is C[C@@H](NCc1cc(Br)cs1)c1cccc(Cl)c1. The van der Waals surface area contributed by atoms with E-state index in [0.717, 1.165) is 16.0 Å². The molecule has 0 radical (unpaired) electrons. The molecule has 0 saturated heterocycles. The van der Waals surface area contributed by atoms with Crippen LogP contribution in [0.5, 0.6) is 0 Å². The van der Waals surface area contributed by atoms with Crippen molar-refractivity contribution in [2.75, 3.05) is 0 Å². The van der Waals surface area contributed by atoms with Crippen LogP contribution < -0.4 is 5.32 Å². The van der Waals surface area contributed by atoms with E-state index in [1.165, 1.54) is 10.4 Å². The van der Waals surface area contributed by atoms with Crippen molar-refractivity contribution in [3.8, 4) is 0 Å². The average Bonchev–Trinajstić information content (AvgIpc) is 2.72. The highest BCUT2D eigenvalue weighted by Crippen LogP contribution is 2.21. The highest BCUT2D eigenvalue weighted by Gasteiger charge is 2.06. The molecule has 0 aliphatic rings. The zero-order valence-corrected chi connectivity index (χ0v) is 12.6. The normalized spacial score (nSPS) is 12.6. The highest BCUT2D eigenvalue weighted by atomic mass is 79.9. The smallest absolute Gasteiger partial charge is 0.0409 e. The van der Waals surface area contributed by atoms with Crippen LogP contribution in [0.4, 0.5) is 0 Å². The van der Waals surface area contributed by atoms with Gasteiger partial charge in [0.1, 0.15) is 0 Å². The van der Waals surface area contributed by atoms with Crippen molar-refractivity contribution >= 4 is 38.9 Å². The molecule has 0 aliphatic heterocycles. The monoisotopic (exact) mass is 329 g/mol. The van der Waals surface area contributed by atoms with Crippen LogP contribution in [0.25, 0.3) is 0 Å². The van der Waals surface area contributed by atoms with Gasteiger partial charge in [0.2, 0.25) is 0 Å². The van der Waals surface area contributed by atoms with E-state index in [2.05, 4.69) is 45.7 Å². The largest absolute Gasteiger partial charge is 0.305 e. The van der Waals surface area contributed by atoms with E-state index in [1.54, 1.807) is 11.3 Å². The van der Waals surface area contributed by atoms with Crippen LogP contribution in [0.2, 0.25) is 5.02 Å². The second-order valence-electron chi connectivity index (χ2n) is 3.89. The first kappa shape index (κ1) is 13.1. The molecule has 0 fully saturated rings. The van der Waals surface area contributed by atoms with Crippen molar-refractivity contribution in [3.05, 3.63) is 55.6 Å². The number of rotatable bonds is 4. The van der Waals surface area contributed by atoms with Crippen LogP contribution in [0.15, 0.2) is 40.2 Å². The fraction of sp³-hybridized carbons (Fsp3) is 0.231. The third-order valence-electron chi connectivity index (χ3n) is 2.55. The molecule has 2 aromatic rings. The standard InChI is InChI=1S/C13H13BrClNS/c1-9(10-3-2-4-12(15)5-10)16-7-13-6-11(14)8-17-13/h2-6,8-9,16H,7H2,1H3/t9-/m1/s1. The first-order chi connectivity index (χ1) is 8.15. The van der Waals surface area contributed by atoms with Gasteiger partial charge in [0.15, 0.2) is 0 Å². The third-order valence-corrected chi connectivity index (χ3v) is 4.49. The van der Waals surface area contributed by atoms with Gasteiger partial charge >= 0.3 is 0 Å². The number of hydrogen-bond donors (Lipinski definition) is 1. The molecule has 17 heavy (non-hydrogen) atoms. The number of hydrogen-bond acceptors (Lipinski definition) is 2. The zero-order valence-electron chi connectivity index (χ0n) is 9.41. The molecule has 90 valence electrons. The van der Waals surface area contributed by atoms with Crippen molar-refractivity contribution in [1.82, 2.24) is 5.32 Å². The number of benzene rings is 1. The van der Waals surface area contributed by atoms with Crippen molar-refractivity contribution in [2.45, 2.75) is 19.5 Å². The van der Waals surface area contributed by atoms with Gasteiger partial charge in [0, 0.05) is 32.3 Å². The Morgan fingerprint density at radius 2 is 2.24 bits per heavy atom. The summed E-state index contributed by atoms with van der Waals surface area (Å²) >= 11 is 11.2. The summed E-state index contributed by atoms with van der Waals surface area (Å²) in [5.41, 5.74) is 1.22. The summed E-state index contributed by atoms with van der Waals surface area (Å²) < 4.78 is 1.15. The lowest BCUT2D eigenvalue weighted by Crippen LogP contribution is -2.17. The number of halogens is 2. The second-order valence-corrected chi connectivity index (χ2v) is 6.24. The van der Waals surface area contributed by atoms with Gasteiger partial charge in [-0.3, -0.25) is 0 Å². The lowest BCUT2D eigenvalue weighted by Gasteiger charge is -2.13. The maximum Gasteiger partial charge on any atom is 0.0409 e. The molecule has 0 unspecified atom stereocenters. The predicted molar refractivity (Wildman–Crippen MR) is 78.7 cm³/mol. The van der Waals surface area contributed by atoms with Gasteiger partial charge in [-0.1, -0.05) is 23.7 Å². The molecule has 0 amide bonds. The summed E-state index contributed by atoms with van der Waals surface area (Å²) in [5, 5.41) is 6.37. The Labute approximate surface area is 119 Å². The maximum absolute atomic E-state index is 5.98. The first-order valence-corrected chi connectivity index (χ1v) is 7.42. The van der Waals surface area contributed by atoms with Crippen LogP contribution in [-0.2, 0) is 6.54 Å². The third kappa shape index (κ3) is 3.81. The minimum atomic E-state index is 0.301. The van der Waals surface area contributed by atoms with E-state index in [9.17, 15) is 0 Å². The van der Waals surface area contributed by atoms with E-state index in [4.69, 9.17) is 11.6 Å². The van der Waals surface area contributed by atoms with Gasteiger partial charge in [-0.05, 0) is 46.6 Å². The molecule has 1 atom stereocenters. The summed E-state index contributed by atoms with van der Waals surface area (Å²) in [7, 11) is 0. The second kappa shape index (κ2) is 6.01. The summed E-state index contributed by atoms with van der Waals surface area (Å²) in [6, 6.07) is 10.4. The summed E-state index contributed by atoms with van der Waals surface area (Å²) in [6.45, 7) is 3.03. The average molecular weight is 331 g/mol. The molecule has 1 aromatic carbocycles. The van der Waals surface area contributed by atoms with E-state index in [1.807, 2.05) is 18.2 Å². The Morgan fingerprint density at radius 1 is 1.41 bits per heavy atom. The lowest BCUT2D eigenvalue weighted by molar-refractivity contribution is 0.579. The molecule has 1 aromatic heterocycles. The molecule has 2 rings (SSSR count). The first-order valence-electron chi connectivity index (χ1n) is 5.37. The molecule has 1 heterocycles. The van der Waals surface area contributed by atoms with Crippen LogP contribution in [0.1, 0.15) is 23.4 Å². The van der Waals surface area contributed by atoms with Gasteiger partial charge in [0.25, 0.3) is 0 Å². The Morgan fingerprint density at radius 3 is 2.88 bits per heavy atom. The Balaban J connectivity index is 1.95. The minimum absolute atomic E-state index is 0.301. The van der Waals surface area contributed by atoms with E-state index >= 15 is 0 Å². The molecule has 0 bridgehead atoms. The van der Waals surface area contributed by atoms with Crippen LogP contribution in [0.3, 0.4) is 0 Å². The summed E-state index contributed by atoms with van der Waals surface area (Å²) in [4.78, 5) is 1.32.